The van der Waals surface area contributed by atoms with E-state index < -0.39 is 6.10 Å². The standard InChI is InChI=1S/C16H13BrO2/c17-13-7-3-4-8-14(13)19-15-10-9-11-5-1-2-6-12(11)16(15)18/h1-10,15-16,18H/t15-,16-/m1/s1. The minimum Gasteiger partial charge on any atom is -0.482 e. The summed E-state index contributed by atoms with van der Waals surface area (Å²) >= 11 is 3.44. The number of aliphatic hydroxyl groups is 1. The van der Waals surface area contributed by atoms with Crippen LogP contribution in [0.4, 0.5) is 0 Å². The van der Waals surface area contributed by atoms with Crippen molar-refractivity contribution >= 4 is 22.0 Å². The minimum atomic E-state index is -0.645. The lowest BCUT2D eigenvalue weighted by Gasteiger charge is -2.26. The second kappa shape index (κ2) is 5.19. The Balaban J connectivity index is 1.87. The molecule has 2 atom stereocenters. The maximum absolute atomic E-state index is 10.4. The molecule has 0 unspecified atom stereocenters. The largest absolute Gasteiger partial charge is 0.482 e. The van der Waals surface area contributed by atoms with Crippen molar-refractivity contribution < 1.29 is 9.84 Å². The fraction of sp³-hybridized carbons (Fsp3) is 0.125. The van der Waals surface area contributed by atoms with Crippen molar-refractivity contribution in [2.24, 2.45) is 0 Å². The molecule has 0 spiro atoms. The smallest absolute Gasteiger partial charge is 0.147 e. The van der Waals surface area contributed by atoms with Gasteiger partial charge in [-0.2, -0.15) is 0 Å². The van der Waals surface area contributed by atoms with Crippen LogP contribution in [0.1, 0.15) is 17.2 Å². The molecule has 2 nitrogen and oxygen atoms in total. The third kappa shape index (κ3) is 2.44. The van der Waals surface area contributed by atoms with Crippen LogP contribution < -0.4 is 4.74 Å². The summed E-state index contributed by atoms with van der Waals surface area (Å²) in [7, 11) is 0. The lowest BCUT2D eigenvalue weighted by atomic mass is 9.93. The van der Waals surface area contributed by atoms with Crippen molar-refractivity contribution in [2.45, 2.75) is 12.2 Å². The molecule has 0 saturated heterocycles. The van der Waals surface area contributed by atoms with Crippen LogP contribution in [0.3, 0.4) is 0 Å². The summed E-state index contributed by atoms with van der Waals surface area (Å²) in [5.74, 6) is 0.732. The number of aliphatic hydroxyl groups excluding tert-OH is 1. The summed E-state index contributed by atoms with van der Waals surface area (Å²) < 4.78 is 6.76. The highest BCUT2D eigenvalue weighted by molar-refractivity contribution is 9.10. The molecule has 0 bridgehead atoms. The maximum Gasteiger partial charge on any atom is 0.147 e. The van der Waals surface area contributed by atoms with Gasteiger partial charge in [0.2, 0.25) is 0 Å². The molecular formula is C16H13BrO2. The molecule has 0 heterocycles. The number of fused-ring (bicyclic) bond motifs is 1. The van der Waals surface area contributed by atoms with E-state index in [9.17, 15) is 5.11 Å². The number of ether oxygens (including phenoxy) is 1. The summed E-state index contributed by atoms with van der Waals surface area (Å²) in [6.45, 7) is 0. The Labute approximate surface area is 120 Å². The van der Waals surface area contributed by atoms with Crippen LogP contribution in [-0.2, 0) is 0 Å². The first kappa shape index (κ1) is 12.5. The zero-order chi connectivity index (χ0) is 13.2. The molecule has 0 aliphatic heterocycles. The molecular weight excluding hydrogens is 304 g/mol. The second-order valence-electron chi connectivity index (χ2n) is 4.45. The van der Waals surface area contributed by atoms with Crippen LogP contribution >= 0.6 is 15.9 Å². The molecule has 2 aromatic rings. The van der Waals surface area contributed by atoms with Gasteiger partial charge in [0.1, 0.15) is 18.0 Å². The van der Waals surface area contributed by atoms with Gasteiger partial charge in [0.25, 0.3) is 0 Å². The average molecular weight is 317 g/mol. The summed E-state index contributed by atoms with van der Waals surface area (Å²) in [5.41, 5.74) is 1.95. The van der Waals surface area contributed by atoms with Crippen LogP contribution in [0.15, 0.2) is 59.1 Å². The molecule has 0 saturated carbocycles. The molecule has 96 valence electrons. The van der Waals surface area contributed by atoms with E-state index in [0.717, 1.165) is 21.3 Å². The highest BCUT2D eigenvalue weighted by atomic mass is 79.9. The van der Waals surface area contributed by atoms with Crippen molar-refractivity contribution in [1.29, 1.82) is 0 Å². The summed E-state index contributed by atoms with van der Waals surface area (Å²) in [5, 5.41) is 10.4. The van der Waals surface area contributed by atoms with Gasteiger partial charge in [-0.05, 0) is 45.3 Å². The second-order valence-corrected chi connectivity index (χ2v) is 5.30. The zero-order valence-electron chi connectivity index (χ0n) is 10.2. The number of hydrogen-bond donors (Lipinski definition) is 1. The van der Waals surface area contributed by atoms with Crippen LogP contribution in [-0.4, -0.2) is 11.2 Å². The van der Waals surface area contributed by atoms with E-state index in [1.807, 2.05) is 60.7 Å². The third-order valence-electron chi connectivity index (χ3n) is 3.19. The van der Waals surface area contributed by atoms with E-state index in [0.29, 0.717) is 0 Å². The number of halogens is 1. The van der Waals surface area contributed by atoms with Gasteiger partial charge in [0, 0.05) is 0 Å². The summed E-state index contributed by atoms with van der Waals surface area (Å²) in [6, 6.07) is 15.4. The lowest BCUT2D eigenvalue weighted by molar-refractivity contribution is 0.0619. The molecule has 2 aromatic carbocycles. The first-order valence-corrected chi connectivity index (χ1v) is 6.91. The van der Waals surface area contributed by atoms with Gasteiger partial charge in [-0.15, -0.1) is 0 Å². The lowest BCUT2D eigenvalue weighted by Crippen LogP contribution is -2.26. The Morgan fingerprint density at radius 3 is 2.58 bits per heavy atom. The predicted molar refractivity (Wildman–Crippen MR) is 79.0 cm³/mol. The van der Waals surface area contributed by atoms with Crippen LogP contribution in [0, 0.1) is 0 Å². The molecule has 1 aliphatic carbocycles. The van der Waals surface area contributed by atoms with Gasteiger partial charge in [-0.1, -0.05) is 42.5 Å². The molecule has 1 aliphatic rings. The van der Waals surface area contributed by atoms with Crippen molar-refractivity contribution in [3.63, 3.8) is 0 Å². The Hall–Kier alpha value is -1.58. The number of rotatable bonds is 2. The zero-order valence-corrected chi connectivity index (χ0v) is 11.7. The fourth-order valence-corrected chi connectivity index (χ4v) is 2.58. The van der Waals surface area contributed by atoms with Crippen molar-refractivity contribution in [2.75, 3.05) is 0 Å². The normalized spacial score (nSPS) is 20.9. The molecule has 3 heteroatoms. The van der Waals surface area contributed by atoms with Gasteiger partial charge >= 0.3 is 0 Å². The quantitative estimate of drug-likeness (QED) is 0.908. The first-order valence-electron chi connectivity index (χ1n) is 6.12. The maximum atomic E-state index is 10.4. The molecule has 0 fully saturated rings. The number of para-hydroxylation sites is 1. The molecule has 0 radical (unpaired) electrons. The SMILES string of the molecule is O[C@@H]1c2ccccc2C=C[C@H]1Oc1ccccc1Br. The Morgan fingerprint density at radius 1 is 1.00 bits per heavy atom. The highest BCUT2D eigenvalue weighted by Gasteiger charge is 2.25. The molecule has 0 aromatic heterocycles. The fourth-order valence-electron chi connectivity index (χ4n) is 2.20. The van der Waals surface area contributed by atoms with Gasteiger partial charge in [-0.25, -0.2) is 0 Å². The van der Waals surface area contributed by atoms with E-state index in [-0.39, 0.29) is 6.10 Å². The van der Waals surface area contributed by atoms with Crippen LogP contribution in [0.2, 0.25) is 0 Å². The molecule has 0 amide bonds. The molecule has 1 N–H and O–H groups in total. The van der Waals surface area contributed by atoms with Crippen LogP contribution in [0.25, 0.3) is 6.08 Å². The van der Waals surface area contributed by atoms with E-state index >= 15 is 0 Å². The Kier molecular flexibility index (Phi) is 3.40. The van der Waals surface area contributed by atoms with Gasteiger partial charge in [-0.3, -0.25) is 0 Å². The van der Waals surface area contributed by atoms with Crippen molar-refractivity contribution in [3.8, 4) is 5.75 Å². The monoisotopic (exact) mass is 316 g/mol. The molecule has 3 rings (SSSR count). The Bertz CT molecular complexity index is 622. The first-order chi connectivity index (χ1) is 9.25. The minimum absolute atomic E-state index is 0.367. The predicted octanol–water partition coefficient (Wildman–Crippen LogP) is 3.96. The van der Waals surface area contributed by atoms with Crippen molar-refractivity contribution in [3.05, 3.63) is 70.2 Å². The number of hydrogen-bond acceptors (Lipinski definition) is 2. The van der Waals surface area contributed by atoms with E-state index in [1.54, 1.807) is 0 Å². The van der Waals surface area contributed by atoms with Gasteiger partial charge in [0.15, 0.2) is 0 Å². The summed E-state index contributed by atoms with van der Waals surface area (Å²) in [6.07, 6.45) is 2.87. The average Bonchev–Trinajstić information content (AvgIpc) is 2.44. The summed E-state index contributed by atoms with van der Waals surface area (Å²) in [4.78, 5) is 0. The van der Waals surface area contributed by atoms with E-state index in [2.05, 4.69) is 15.9 Å². The van der Waals surface area contributed by atoms with Gasteiger partial charge in [0.05, 0.1) is 4.47 Å². The highest BCUT2D eigenvalue weighted by Crippen LogP contribution is 2.32. The van der Waals surface area contributed by atoms with E-state index in [1.165, 1.54) is 0 Å². The topological polar surface area (TPSA) is 29.5 Å². The molecule has 19 heavy (non-hydrogen) atoms. The van der Waals surface area contributed by atoms with Crippen LogP contribution in [0.5, 0.6) is 5.75 Å². The third-order valence-corrected chi connectivity index (χ3v) is 3.85. The number of benzene rings is 2. The Morgan fingerprint density at radius 2 is 1.74 bits per heavy atom. The van der Waals surface area contributed by atoms with Gasteiger partial charge < -0.3 is 9.84 Å². The van der Waals surface area contributed by atoms with Crippen molar-refractivity contribution in [1.82, 2.24) is 0 Å². The van der Waals surface area contributed by atoms with E-state index in [4.69, 9.17) is 4.74 Å².